The van der Waals surface area contributed by atoms with Gasteiger partial charge in [-0.2, -0.15) is 0 Å². The molecule has 0 fully saturated rings. The van der Waals surface area contributed by atoms with E-state index in [2.05, 4.69) is 10.9 Å². The van der Waals surface area contributed by atoms with E-state index in [-0.39, 0.29) is 24.4 Å². The molecule has 8 heteroatoms. The van der Waals surface area contributed by atoms with Crippen LogP contribution >= 0.6 is 0 Å². The maximum atomic E-state index is 12.3. The number of rotatable bonds is 3. The molecular formula is C18H19N5O3. The maximum Gasteiger partial charge on any atom is 0.358 e. The van der Waals surface area contributed by atoms with Gasteiger partial charge >= 0.3 is 5.97 Å². The fraction of sp³-hybridized carbons (Fsp3) is 0.222. The summed E-state index contributed by atoms with van der Waals surface area (Å²) in [6, 6.07) is 5.38. The van der Waals surface area contributed by atoms with Gasteiger partial charge in [0.2, 0.25) is 0 Å². The fourth-order valence-corrected chi connectivity index (χ4v) is 2.84. The number of hydrogen-bond donors (Lipinski definition) is 2. The molecule has 8 nitrogen and oxygen atoms in total. The van der Waals surface area contributed by atoms with Crippen LogP contribution in [-0.2, 0) is 11.2 Å². The highest BCUT2D eigenvalue weighted by atomic mass is 16.5. The standard InChI is InChI=1S/C18H19N5O3/c1-4-12(19)14-9-16-17(18(24)26-5-2)21-10-22(16)13-7-6-11(25-3)8-15(13)23(14)20/h1,6-8,10H,5,9,19-20H2,2-3H3/b14-12-. The Labute approximate surface area is 151 Å². The van der Waals surface area contributed by atoms with Crippen LogP contribution in [0.1, 0.15) is 23.1 Å². The Morgan fingerprint density at radius 3 is 2.85 bits per heavy atom. The van der Waals surface area contributed by atoms with Crippen molar-refractivity contribution in [3.05, 3.63) is 47.3 Å². The number of aromatic nitrogens is 2. The van der Waals surface area contributed by atoms with Gasteiger partial charge in [-0.15, -0.1) is 6.42 Å². The second-order valence-electron chi connectivity index (χ2n) is 5.54. The molecule has 4 N–H and O–H groups in total. The molecule has 0 radical (unpaired) electrons. The number of esters is 1. The third-order valence-corrected chi connectivity index (χ3v) is 4.13. The first-order valence-corrected chi connectivity index (χ1v) is 7.93. The molecule has 0 amide bonds. The topological polar surface area (TPSA) is 109 Å². The largest absolute Gasteiger partial charge is 0.497 e. The SMILES string of the molecule is C#C/C(N)=C1\Cc2c(C(=O)OCC)ncn2-c2ccc(OC)cc2N1N. The van der Waals surface area contributed by atoms with Crippen LogP contribution in [0.4, 0.5) is 5.69 Å². The van der Waals surface area contributed by atoms with Crippen LogP contribution in [0.25, 0.3) is 5.69 Å². The van der Waals surface area contributed by atoms with E-state index in [9.17, 15) is 4.79 Å². The lowest BCUT2D eigenvalue weighted by molar-refractivity contribution is 0.0519. The number of methoxy groups -OCH3 is 1. The average Bonchev–Trinajstić information content (AvgIpc) is 3.03. The molecule has 2 aromatic rings. The van der Waals surface area contributed by atoms with E-state index < -0.39 is 5.97 Å². The minimum absolute atomic E-state index is 0.172. The summed E-state index contributed by atoms with van der Waals surface area (Å²) in [4.78, 5) is 16.5. The zero-order valence-corrected chi connectivity index (χ0v) is 14.5. The van der Waals surface area contributed by atoms with Gasteiger partial charge in [0.1, 0.15) is 17.8 Å². The summed E-state index contributed by atoms with van der Waals surface area (Å²) in [5.74, 6) is 8.82. The highest BCUT2D eigenvalue weighted by molar-refractivity contribution is 5.89. The van der Waals surface area contributed by atoms with Gasteiger partial charge in [-0.3, -0.25) is 9.58 Å². The predicted molar refractivity (Wildman–Crippen MR) is 96.5 cm³/mol. The summed E-state index contributed by atoms with van der Waals surface area (Å²) in [6.45, 7) is 1.98. The summed E-state index contributed by atoms with van der Waals surface area (Å²) in [5, 5.41) is 1.41. The van der Waals surface area contributed by atoms with Crippen molar-refractivity contribution in [2.75, 3.05) is 18.7 Å². The van der Waals surface area contributed by atoms with Gasteiger partial charge in [0.25, 0.3) is 0 Å². The van der Waals surface area contributed by atoms with Crippen LogP contribution in [0.5, 0.6) is 5.75 Å². The average molecular weight is 353 g/mol. The summed E-state index contributed by atoms with van der Waals surface area (Å²) in [6.07, 6.45) is 7.25. The van der Waals surface area contributed by atoms with Crippen molar-refractivity contribution >= 4 is 11.7 Å². The van der Waals surface area contributed by atoms with Gasteiger partial charge in [-0.1, -0.05) is 5.92 Å². The number of allylic oxidation sites excluding steroid dienone is 2. The lowest BCUT2D eigenvalue weighted by atomic mass is 10.1. The van der Waals surface area contributed by atoms with Gasteiger partial charge in [0.15, 0.2) is 5.69 Å². The van der Waals surface area contributed by atoms with E-state index in [4.69, 9.17) is 27.5 Å². The lowest BCUT2D eigenvalue weighted by Crippen LogP contribution is -2.33. The quantitative estimate of drug-likeness (QED) is 0.483. The molecule has 0 bridgehead atoms. The zero-order chi connectivity index (χ0) is 18.8. The van der Waals surface area contributed by atoms with Crippen molar-refractivity contribution in [3.63, 3.8) is 0 Å². The van der Waals surface area contributed by atoms with Crippen molar-refractivity contribution in [2.24, 2.45) is 11.6 Å². The highest BCUT2D eigenvalue weighted by Crippen LogP contribution is 2.35. The smallest absolute Gasteiger partial charge is 0.358 e. The number of carbonyl (C=O) groups excluding carboxylic acids is 1. The van der Waals surface area contributed by atoms with Crippen molar-refractivity contribution in [2.45, 2.75) is 13.3 Å². The van der Waals surface area contributed by atoms with Crippen LogP contribution in [0.15, 0.2) is 35.9 Å². The Balaban J connectivity index is 2.28. The molecule has 1 aliphatic heterocycles. The number of hydrogen-bond acceptors (Lipinski definition) is 7. The Hall–Kier alpha value is -3.44. The molecule has 1 aromatic carbocycles. The first-order chi connectivity index (χ1) is 12.5. The Morgan fingerprint density at radius 2 is 2.19 bits per heavy atom. The maximum absolute atomic E-state index is 12.3. The van der Waals surface area contributed by atoms with Crippen molar-refractivity contribution in [1.82, 2.24) is 9.55 Å². The molecule has 0 aliphatic carbocycles. The predicted octanol–water partition coefficient (Wildman–Crippen LogP) is 1.10. The minimum atomic E-state index is -0.514. The van der Waals surface area contributed by atoms with Crippen LogP contribution < -0.4 is 21.3 Å². The third kappa shape index (κ3) is 2.74. The summed E-state index contributed by atoms with van der Waals surface area (Å²) >= 11 is 0. The molecular weight excluding hydrogens is 334 g/mol. The Bertz CT molecular complexity index is 939. The second kappa shape index (κ2) is 6.82. The molecule has 3 rings (SSSR count). The van der Waals surface area contributed by atoms with E-state index in [0.29, 0.717) is 28.5 Å². The number of benzene rings is 1. The number of fused-ring (bicyclic) bond motifs is 3. The number of hydrazine groups is 1. The summed E-state index contributed by atoms with van der Waals surface area (Å²) < 4.78 is 12.2. The number of nitrogens with zero attached hydrogens (tertiary/aromatic N) is 3. The molecule has 2 heterocycles. The van der Waals surface area contributed by atoms with E-state index in [1.54, 1.807) is 37.1 Å². The molecule has 26 heavy (non-hydrogen) atoms. The number of terminal acetylenes is 1. The van der Waals surface area contributed by atoms with Crippen LogP contribution in [0.3, 0.4) is 0 Å². The van der Waals surface area contributed by atoms with Crippen molar-refractivity contribution in [1.29, 1.82) is 0 Å². The molecule has 0 spiro atoms. The molecule has 0 atom stereocenters. The van der Waals surface area contributed by atoms with E-state index in [0.717, 1.165) is 0 Å². The van der Waals surface area contributed by atoms with Crippen LogP contribution in [0.2, 0.25) is 0 Å². The second-order valence-corrected chi connectivity index (χ2v) is 5.54. The first-order valence-electron chi connectivity index (χ1n) is 7.93. The summed E-state index contributed by atoms with van der Waals surface area (Å²) in [7, 11) is 1.56. The van der Waals surface area contributed by atoms with E-state index in [1.807, 2.05) is 6.07 Å². The molecule has 0 saturated carbocycles. The number of anilines is 1. The fourth-order valence-electron chi connectivity index (χ4n) is 2.84. The Kier molecular flexibility index (Phi) is 4.56. The van der Waals surface area contributed by atoms with E-state index in [1.165, 1.54) is 5.01 Å². The summed E-state index contributed by atoms with van der Waals surface area (Å²) in [5.41, 5.74) is 8.76. The van der Waals surface area contributed by atoms with Gasteiger partial charge in [0.05, 0.1) is 36.5 Å². The van der Waals surface area contributed by atoms with Gasteiger partial charge in [-0.25, -0.2) is 15.6 Å². The van der Waals surface area contributed by atoms with Gasteiger partial charge < -0.3 is 15.2 Å². The highest BCUT2D eigenvalue weighted by Gasteiger charge is 2.29. The Morgan fingerprint density at radius 1 is 1.42 bits per heavy atom. The van der Waals surface area contributed by atoms with Crippen LogP contribution in [-0.4, -0.2) is 29.2 Å². The monoisotopic (exact) mass is 353 g/mol. The molecule has 1 aliphatic rings. The zero-order valence-electron chi connectivity index (χ0n) is 14.5. The molecule has 1 aromatic heterocycles. The van der Waals surface area contributed by atoms with Crippen molar-refractivity contribution < 1.29 is 14.3 Å². The van der Waals surface area contributed by atoms with Crippen molar-refractivity contribution in [3.8, 4) is 23.8 Å². The molecule has 0 saturated heterocycles. The minimum Gasteiger partial charge on any atom is -0.497 e. The number of imidazole rings is 1. The van der Waals surface area contributed by atoms with Crippen LogP contribution in [0, 0.1) is 12.3 Å². The number of nitrogens with two attached hydrogens (primary N) is 2. The van der Waals surface area contributed by atoms with Gasteiger partial charge in [0, 0.05) is 12.5 Å². The van der Waals surface area contributed by atoms with Gasteiger partial charge in [-0.05, 0) is 19.1 Å². The normalized spacial score (nSPS) is 14.6. The lowest BCUT2D eigenvalue weighted by Gasteiger charge is -2.22. The first kappa shape index (κ1) is 17.4. The number of ether oxygens (including phenoxy) is 2. The molecule has 0 unspecified atom stereocenters. The van der Waals surface area contributed by atoms with E-state index >= 15 is 0 Å². The third-order valence-electron chi connectivity index (χ3n) is 4.13. The number of carbonyl (C=O) groups is 1. The molecule has 134 valence electrons.